The molecule has 1 N–H and O–H groups in total. The third-order valence-electron chi connectivity index (χ3n) is 4.72. The predicted molar refractivity (Wildman–Crippen MR) is 77.5 cm³/mol. The molecule has 0 radical (unpaired) electrons. The number of rotatable bonds is 3. The summed E-state index contributed by atoms with van der Waals surface area (Å²) in [6.07, 6.45) is 7.06. The lowest BCUT2D eigenvalue weighted by Gasteiger charge is -2.45. The maximum Gasteiger partial charge on any atom is 0.193 e. The zero-order valence-electron chi connectivity index (χ0n) is 11.3. The first-order valence-corrected chi connectivity index (χ1v) is 8.00. The van der Waals surface area contributed by atoms with E-state index in [9.17, 15) is 0 Å². The standard InChI is InChI=1S/C14H20N4S/c1-14(11-2-3-11)10-15-4-5-18(14)9-12-8-17-6-7-19-13(17)16-12/h6-8,11,15H,2-5,9-10H2,1H3. The maximum absolute atomic E-state index is 4.73. The van der Waals surface area contributed by atoms with Gasteiger partial charge in [0.15, 0.2) is 4.96 Å². The lowest BCUT2D eigenvalue weighted by molar-refractivity contribution is 0.0474. The van der Waals surface area contributed by atoms with Gasteiger partial charge in [-0.15, -0.1) is 11.3 Å². The Morgan fingerprint density at radius 1 is 1.53 bits per heavy atom. The van der Waals surface area contributed by atoms with Crippen molar-refractivity contribution in [1.82, 2.24) is 19.6 Å². The van der Waals surface area contributed by atoms with E-state index in [1.165, 1.54) is 18.5 Å². The predicted octanol–water partition coefficient (Wildman–Crippen LogP) is 1.97. The SMILES string of the molecule is CC1(C2CC2)CNCCN1Cc1cn2ccsc2n1. The second kappa shape index (κ2) is 4.30. The Morgan fingerprint density at radius 3 is 3.21 bits per heavy atom. The molecule has 2 fully saturated rings. The largest absolute Gasteiger partial charge is 0.314 e. The molecule has 4 rings (SSSR count). The molecular weight excluding hydrogens is 256 g/mol. The van der Waals surface area contributed by atoms with Crippen LogP contribution in [0.5, 0.6) is 0 Å². The summed E-state index contributed by atoms with van der Waals surface area (Å²) in [6.45, 7) is 6.78. The van der Waals surface area contributed by atoms with Crippen molar-refractivity contribution >= 4 is 16.3 Å². The second-order valence-electron chi connectivity index (χ2n) is 6.05. The summed E-state index contributed by atoms with van der Waals surface area (Å²) < 4.78 is 2.14. The molecule has 4 nitrogen and oxygen atoms in total. The van der Waals surface area contributed by atoms with E-state index in [0.29, 0.717) is 5.54 Å². The summed E-state index contributed by atoms with van der Waals surface area (Å²) in [6, 6.07) is 0. The number of aromatic nitrogens is 2. The van der Waals surface area contributed by atoms with E-state index in [-0.39, 0.29) is 0 Å². The number of imidazole rings is 1. The van der Waals surface area contributed by atoms with Crippen LogP contribution in [0.15, 0.2) is 17.8 Å². The van der Waals surface area contributed by atoms with Crippen LogP contribution in [0.2, 0.25) is 0 Å². The number of nitrogens with one attached hydrogen (secondary N) is 1. The van der Waals surface area contributed by atoms with Crippen LogP contribution in [0.4, 0.5) is 0 Å². The molecule has 5 heteroatoms. The van der Waals surface area contributed by atoms with Crippen LogP contribution >= 0.6 is 11.3 Å². The number of piperazine rings is 1. The molecule has 19 heavy (non-hydrogen) atoms. The fourth-order valence-electron chi connectivity index (χ4n) is 3.34. The molecule has 2 aromatic rings. The monoisotopic (exact) mass is 276 g/mol. The van der Waals surface area contributed by atoms with Crippen molar-refractivity contribution in [2.45, 2.75) is 31.8 Å². The van der Waals surface area contributed by atoms with Crippen molar-refractivity contribution < 1.29 is 0 Å². The van der Waals surface area contributed by atoms with E-state index in [2.05, 4.69) is 39.3 Å². The van der Waals surface area contributed by atoms with E-state index in [1.807, 2.05) is 0 Å². The van der Waals surface area contributed by atoms with Crippen molar-refractivity contribution in [3.8, 4) is 0 Å². The van der Waals surface area contributed by atoms with E-state index < -0.39 is 0 Å². The highest BCUT2D eigenvalue weighted by Crippen LogP contribution is 2.43. The molecule has 0 spiro atoms. The van der Waals surface area contributed by atoms with Crippen molar-refractivity contribution in [3.05, 3.63) is 23.5 Å². The van der Waals surface area contributed by atoms with Gasteiger partial charge < -0.3 is 5.32 Å². The Hall–Kier alpha value is -0.910. The first-order valence-electron chi connectivity index (χ1n) is 7.12. The molecule has 102 valence electrons. The minimum absolute atomic E-state index is 0.329. The van der Waals surface area contributed by atoms with Crippen LogP contribution in [0.1, 0.15) is 25.5 Å². The van der Waals surface area contributed by atoms with Gasteiger partial charge in [0.25, 0.3) is 0 Å². The Labute approximate surface area is 117 Å². The second-order valence-corrected chi connectivity index (χ2v) is 6.93. The zero-order chi connectivity index (χ0) is 12.9. The lowest BCUT2D eigenvalue weighted by Crippen LogP contribution is -2.60. The molecule has 2 aliphatic rings. The zero-order valence-corrected chi connectivity index (χ0v) is 12.1. The third kappa shape index (κ3) is 2.00. The highest BCUT2D eigenvalue weighted by molar-refractivity contribution is 7.15. The molecule has 1 aliphatic heterocycles. The van der Waals surface area contributed by atoms with Gasteiger partial charge in [-0.1, -0.05) is 0 Å². The van der Waals surface area contributed by atoms with Crippen LogP contribution in [0.25, 0.3) is 4.96 Å². The summed E-state index contributed by atoms with van der Waals surface area (Å²) in [5, 5.41) is 5.66. The lowest BCUT2D eigenvalue weighted by atomic mass is 9.91. The number of thiazole rings is 1. The first-order chi connectivity index (χ1) is 9.25. The number of hydrogen-bond donors (Lipinski definition) is 1. The van der Waals surface area contributed by atoms with Crippen LogP contribution in [-0.2, 0) is 6.54 Å². The van der Waals surface area contributed by atoms with Crippen LogP contribution in [0, 0.1) is 5.92 Å². The molecule has 1 aliphatic carbocycles. The van der Waals surface area contributed by atoms with E-state index >= 15 is 0 Å². The summed E-state index contributed by atoms with van der Waals surface area (Å²) >= 11 is 1.71. The molecule has 1 saturated carbocycles. The topological polar surface area (TPSA) is 32.6 Å². The van der Waals surface area contributed by atoms with Gasteiger partial charge in [-0.05, 0) is 25.7 Å². The molecule has 0 aromatic carbocycles. The maximum atomic E-state index is 4.73. The van der Waals surface area contributed by atoms with Gasteiger partial charge in [0.2, 0.25) is 0 Å². The van der Waals surface area contributed by atoms with Crippen molar-refractivity contribution in [2.75, 3.05) is 19.6 Å². The first kappa shape index (κ1) is 11.9. The average Bonchev–Trinajstić information content (AvgIpc) is 3.06. The van der Waals surface area contributed by atoms with Gasteiger partial charge in [-0.2, -0.15) is 0 Å². The van der Waals surface area contributed by atoms with E-state index in [0.717, 1.165) is 37.1 Å². The van der Waals surface area contributed by atoms with Gasteiger partial charge in [0, 0.05) is 49.5 Å². The quantitative estimate of drug-likeness (QED) is 0.930. The Balaban J connectivity index is 1.58. The number of hydrogen-bond acceptors (Lipinski definition) is 4. The Kier molecular flexibility index (Phi) is 2.69. The number of nitrogens with zero attached hydrogens (tertiary/aromatic N) is 3. The summed E-state index contributed by atoms with van der Waals surface area (Å²) in [4.78, 5) is 8.49. The minimum Gasteiger partial charge on any atom is -0.314 e. The molecular formula is C14H20N4S. The van der Waals surface area contributed by atoms with Crippen LogP contribution in [-0.4, -0.2) is 39.5 Å². The number of fused-ring (bicyclic) bond motifs is 1. The van der Waals surface area contributed by atoms with Gasteiger partial charge in [-0.25, -0.2) is 4.98 Å². The van der Waals surface area contributed by atoms with Gasteiger partial charge in [0.1, 0.15) is 0 Å². The summed E-state index contributed by atoms with van der Waals surface area (Å²) in [5.41, 5.74) is 1.54. The molecule has 0 amide bonds. The third-order valence-corrected chi connectivity index (χ3v) is 5.49. The van der Waals surface area contributed by atoms with Crippen LogP contribution < -0.4 is 5.32 Å². The molecule has 1 saturated heterocycles. The summed E-state index contributed by atoms with van der Waals surface area (Å²) in [7, 11) is 0. The Morgan fingerprint density at radius 2 is 2.42 bits per heavy atom. The average molecular weight is 276 g/mol. The molecule has 3 heterocycles. The highest BCUT2D eigenvalue weighted by atomic mass is 32.1. The van der Waals surface area contributed by atoms with Gasteiger partial charge >= 0.3 is 0 Å². The fraction of sp³-hybridized carbons (Fsp3) is 0.643. The minimum atomic E-state index is 0.329. The van der Waals surface area contributed by atoms with Crippen molar-refractivity contribution in [2.24, 2.45) is 5.92 Å². The van der Waals surface area contributed by atoms with Gasteiger partial charge in [0.05, 0.1) is 5.69 Å². The van der Waals surface area contributed by atoms with Crippen molar-refractivity contribution in [1.29, 1.82) is 0 Å². The fourth-order valence-corrected chi connectivity index (χ4v) is 4.06. The van der Waals surface area contributed by atoms with Gasteiger partial charge in [-0.3, -0.25) is 9.30 Å². The molecule has 2 aromatic heterocycles. The normalized spacial score (nSPS) is 29.1. The van der Waals surface area contributed by atoms with Crippen LogP contribution in [0.3, 0.4) is 0 Å². The smallest absolute Gasteiger partial charge is 0.193 e. The summed E-state index contributed by atoms with van der Waals surface area (Å²) in [5.74, 6) is 0.879. The highest BCUT2D eigenvalue weighted by Gasteiger charge is 2.46. The molecule has 1 atom stereocenters. The van der Waals surface area contributed by atoms with E-state index in [4.69, 9.17) is 4.98 Å². The Bertz CT molecular complexity index is 557. The molecule has 1 unspecified atom stereocenters. The van der Waals surface area contributed by atoms with E-state index in [1.54, 1.807) is 11.3 Å². The molecule has 0 bridgehead atoms. The van der Waals surface area contributed by atoms with Crippen molar-refractivity contribution in [3.63, 3.8) is 0 Å².